The third-order valence-electron chi connectivity index (χ3n) is 3.94. The minimum atomic E-state index is -0.455. The number of aromatic nitrogens is 1. The molecule has 1 amide bonds. The average Bonchev–Trinajstić information content (AvgIpc) is 2.54. The molecule has 0 spiro atoms. The molecule has 2 N–H and O–H groups in total. The Morgan fingerprint density at radius 2 is 1.64 bits per heavy atom. The summed E-state index contributed by atoms with van der Waals surface area (Å²) in [7, 11) is 0. The first-order valence-electron chi connectivity index (χ1n) is 9.28. The summed E-state index contributed by atoms with van der Waals surface area (Å²) in [6.45, 7) is 10.5. The highest BCUT2D eigenvalue weighted by Gasteiger charge is 2.21. The van der Waals surface area contributed by atoms with E-state index in [1.807, 2.05) is 31.7 Å². The van der Waals surface area contributed by atoms with Crippen molar-refractivity contribution in [1.29, 1.82) is 0 Å². The molecular weight excluding hydrogens is 316 g/mol. The zero-order valence-corrected chi connectivity index (χ0v) is 15.8. The Bertz CT molecular complexity index is 542. The second-order valence-corrected chi connectivity index (χ2v) is 7.50. The zero-order valence-electron chi connectivity index (χ0n) is 15.8. The Labute approximate surface area is 151 Å². The maximum absolute atomic E-state index is 12.4. The normalized spacial score (nSPS) is 18.1. The molecule has 1 aliphatic heterocycles. The Kier molecular flexibility index (Phi) is 7.65. The van der Waals surface area contributed by atoms with Gasteiger partial charge in [-0.2, -0.15) is 0 Å². The quantitative estimate of drug-likeness (QED) is 0.754. The van der Waals surface area contributed by atoms with E-state index >= 15 is 0 Å². The molecule has 0 fully saturated rings. The SMILES string of the molecule is CC(C)(C)OC(=O)N1CCCCNCc2cccc(n2)CNCCC1. The van der Waals surface area contributed by atoms with Gasteiger partial charge in [0, 0.05) is 26.2 Å². The van der Waals surface area contributed by atoms with Gasteiger partial charge in [-0.3, -0.25) is 4.98 Å². The number of amides is 1. The summed E-state index contributed by atoms with van der Waals surface area (Å²) in [6.07, 6.45) is 2.68. The van der Waals surface area contributed by atoms with Crippen LogP contribution < -0.4 is 10.6 Å². The van der Waals surface area contributed by atoms with Crippen LogP contribution >= 0.6 is 0 Å². The molecule has 0 saturated heterocycles. The molecule has 0 aromatic carbocycles. The summed E-state index contributed by atoms with van der Waals surface area (Å²) in [5.41, 5.74) is 1.67. The minimum absolute atomic E-state index is 0.210. The second-order valence-electron chi connectivity index (χ2n) is 7.50. The maximum atomic E-state index is 12.4. The van der Waals surface area contributed by atoms with Crippen LogP contribution in [0.3, 0.4) is 0 Å². The fourth-order valence-electron chi connectivity index (χ4n) is 2.73. The second kappa shape index (κ2) is 9.73. The van der Waals surface area contributed by atoms with Gasteiger partial charge in [0.1, 0.15) is 5.60 Å². The molecule has 140 valence electrons. The van der Waals surface area contributed by atoms with Crippen molar-refractivity contribution in [2.45, 2.75) is 58.7 Å². The Balaban J connectivity index is 1.91. The van der Waals surface area contributed by atoms with Gasteiger partial charge in [-0.15, -0.1) is 0 Å². The van der Waals surface area contributed by atoms with Crippen molar-refractivity contribution < 1.29 is 9.53 Å². The highest BCUT2D eigenvalue weighted by molar-refractivity contribution is 5.68. The molecule has 0 saturated carbocycles. The van der Waals surface area contributed by atoms with Crippen LogP contribution in [0.4, 0.5) is 4.79 Å². The van der Waals surface area contributed by atoms with E-state index in [2.05, 4.69) is 27.8 Å². The topological polar surface area (TPSA) is 66.5 Å². The molecule has 2 rings (SSSR count). The first-order valence-corrected chi connectivity index (χ1v) is 9.28. The zero-order chi connectivity index (χ0) is 18.1. The molecule has 2 bridgehead atoms. The van der Waals surface area contributed by atoms with Gasteiger partial charge in [0.15, 0.2) is 0 Å². The van der Waals surface area contributed by atoms with E-state index in [9.17, 15) is 4.79 Å². The third-order valence-corrected chi connectivity index (χ3v) is 3.94. The minimum Gasteiger partial charge on any atom is -0.444 e. The summed E-state index contributed by atoms with van der Waals surface area (Å²) >= 11 is 0. The van der Waals surface area contributed by atoms with Crippen molar-refractivity contribution >= 4 is 6.09 Å². The molecule has 2 heterocycles. The van der Waals surface area contributed by atoms with Crippen LogP contribution in [0, 0.1) is 0 Å². The van der Waals surface area contributed by atoms with Gasteiger partial charge < -0.3 is 20.3 Å². The highest BCUT2D eigenvalue weighted by Crippen LogP contribution is 2.11. The van der Waals surface area contributed by atoms with E-state index < -0.39 is 5.60 Å². The van der Waals surface area contributed by atoms with Gasteiger partial charge in [-0.05, 0) is 65.3 Å². The van der Waals surface area contributed by atoms with Crippen LogP contribution in [-0.4, -0.2) is 47.8 Å². The lowest BCUT2D eigenvalue weighted by Gasteiger charge is -2.27. The first kappa shape index (κ1) is 19.7. The standard InChI is InChI=1S/C19H32N4O2/c1-19(2,3)25-18(24)23-12-5-4-10-20-14-16-8-6-9-17(22-16)15-21-11-7-13-23/h6,8-9,20-21H,4-5,7,10-15H2,1-3H3. The fourth-order valence-corrected chi connectivity index (χ4v) is 2.73. The predicted molar refractivity (Wildman–Crippen MR) is 99.3 cm³/mol. The lowest BCUT2D eigenvalue weighted by molar-refractivity contribution is 0.0245. The van der Waals surface area contributed by atoms with E-state index in [1.54, 1.807) is 0 Å². The first-order chi connectivity index (χ1) is 11.9. The summed E-state index contributed by atoms with van der Waals surface area (Å²) in [4.78, 5) is 18.9. The number of carbonyl (C=O) groups excluding carboxylic acids is 1. The van der Waals surface area contributed by atoms with Crippen molar-refractivity contribution in [3.63, 3.8) is 0 Å². The van der Waals surface area contributed by atoms with E-state index in [-0.39, 0.29) is 6.09 Å². The van der Waals surface area contributed by atoms with Crippen LogP contribution in [0.1, 0.15) is 51.4 Å². The molecule has 0 aliphatic carbocycles. The maximum Gasteiger partial charge on any atom is 0.410 e. The molecular formula is C19H32N4O2. The molecule has 0 atom stereocenters. The van der Waals surface area contributed by atoms with E-state index in [1.165, 1.54) is 0 Å². The predicted octanol–water partition coefficient (Wildman–Crippen LogP) is 2.68. The van der Waals surface area contributed by atoms with E-state index in [0.717, 1.165) is 63.4 Å². The molecule has 1 aliphatic rings. The van der Waals surface area contributed by atoms with Crippen LogP contribution in [0.2, 0.25) is 0 Å². The highest BCUT2D eigenvalue weighted by atomic mass is 16.6. The lowest BCUT2D eigenvalue weighted by atomic mass is 10.2. The Hall–Kier alpha value is -1.66. The summed E-state index contributed by atoms with van der Waals surface area (Å²) in [6, 6.07) is 6.16. The molecule has 0 unspecified atom stereocenters. The molecule has 1 aromatic rings. The molecule has 25 heavy (non-hydrogen) atoms. The Morgan fingerprint density at radius 1 is 1.04 bits per heavy atom. The van der Waals surface area contributed by atoms with Crippen LogP contribution in [0.15, 0.2) is 18.2 Å². The number of fused-ring (bicyclic) bond motifs is 2. The van der Waals surface area contributed by atoms with Crippen molar-refractivity contribution in [3.05, 3.63) is 29.6 Å². The van der Waals surface area contributed by atoms with Gasteiger partial charge >= 0.3 is 6.09 Å². The van der Waals surface area contributed by atoms with Crippen LogP contribution in [0.25, 0.3) is 0 Å². The van der Waals surface area contributed by atoms with Gasteiger partial charge in [0.05, 0.1) is 11.4 Å². The number of rotatable bonds is 0. The summed E-state index contributed by atoms with van der Waals surface area (Å²) in [5, 5.41) is 6.84. The number of pyridine rings is 1. The summed E-state index contributed by atoms with van der Waals surface area (Å²) < 4.78 is 5.54. The molecule has 1 aromatic heterocycles. The van der Waals surface area contributed by atoms with Crippen LogP contribution in [-0.2, 0) is 17.8 Å². The third kappa shape index (κ3) is 7.84. The molecule has 6 nitrogen and oxygen atoms in total. The van der Waals surface area contributed by atoms with Gasteiger partial charge in [-0.25, -0.2) is 4.79 Å². The van der Waals surface area contributed by atoms with Crippen LogP contribution in [0.5, 0.6) is 0 Å². The van der Waals surface area contributed by atoms with E-state index in [0.29, 0.717) is 6.54 Å². The monoisotopic (exact) mass is 348 g/mol. The lowest BCUT2D eigenvalue weighted by Crippen LogP contribution is -2.39. The number of hydrogen-bond acceptors (Lipinski definition) is 5. The van der Waals surface area contributed by atoms with Crippen molar-refractivity contribution in [2.24, 2.45) is 0 Å². The smallest absolute Gasteiger partial charge is 0.410 e. The number of nitrogens with zero attached hydrogens (tertiary/aromatic N) is 2. The average molecular weight is 348 g/mol. The van der Waals surface area contributed by atoms with E-state index in [4.69, 9.17) is 4.74 Å². The van der Waals surface area contributed by atoms with Gasteiger partial charge in [-0.1, -0.05) is 6.07 Å². The number of hydrogen-bond donors (Lipinski definition) is 2. The largest absolute Gasteiger partial charge is 0.444 e. The van der Waals surface area contributed by atoms with Crippen molar-refractivity contribution in [1.82, 2.24) is 20.5 Å². The number of carbonyl (C=O) groups is 1. The molecule has 0 radical (unpaired) electrons. The fraction of sp³-hybridized carbons (Fsp3) is 0.684. The number of nitrogens with one attached hydrogen (secondary N) is 2. The number of ether oxygens (including phenoxy) is 1. The molecule has 6 heteroatoms. The summed E-state index contributed by atoms with van der Waals surface area (Å²) in [5.74, 6) is 0. The van der Waals surface area contributed by atoms with Crippen molar-refractivity contribution in [3.8, 4) is 0 Å². The van der Waals surface area contributed by atoms with Gasteiger partial charge in [0.2, 0.25) is 0 Å². The van der Waals surface area contributed by atoms with Crippen molar-refractivity contribution in [2.75, 3.05) is 26.2 Å². The Morgan fingerprint density at radius 3 is 2.28 bits per heavy atom. The van der Waals surface area contributed by atoms with Gasteiger partial charge in [0.25, 0.3) is 0 Å².